The van der Waals surface area contributed by atoms with Crippen LogP contribution in [0.15, 0.2) is 30.5 Å². The zero-order valence-corrected chi connectivity index (χ0v) is 12.9. The van der Waals surface area contributed by atoms with E-state index in [0.717, 1.165) is 47.9 Å². The van der Waals surface area contributed by atoms with E-state index in [4.69, 9.17) is 4.98 Å². The highest BCUT2D eigenvalue weighted by molar-refractivity contribution is 5.76. The van der Waals surface area contributed by atoms with Crippen LogP contribution < -0.4 is 4.90 Å². The van der Waals surface area contributed by atoms with Gasteiger partial charge in [0.05, 0.1) is 17.1 Å². The lowest BCUT2D eigenvalue weighted by Gasteiger charge is -2.24. The van der Waals surface area contributed by atoms with Crippen molar-refractivity contribution in [1.29, 1.82) is 0 Å². The number of fused-ring (bicyclic) bond motifs is 1. The Balaban J connectivity index is 1.73. The van der Waals surface area contributed by atoms with E-state index in [1.165, 1.54) is 5.56 Å². The van der Waals surface area contributed by atoms with Crippen LogP contribution in [0.1, 0.15) is 36.1 Å². The number of rotatable bonds is 2. The van der Waals surface area contributed by atoms with Crippen LogP contribution in [0.2, 0.25) is 0 Å². The van der Waals surface area contributed by atoms with Crippen LogP contribution >= 0.6 is 0 Å². The van der Waals surface area contributed by atoms with Gasteiger partial charge in [-0.3, -0.25) is 0 Å². The van der Waals surface area contributed by atoms with E-state index in [0.29, 0.717) is 0 Å². The van der Waals surface area contributed by atoms with Crippen molar-refractivity contribution in [3.05, 3.63) is 47.7 Å². The summed E-state index contributed by atoms with van der Waals surface area (Å²) in [6, 6.07) is 8.59. The SMILES string of the molecule is Cc1ccc2nc(C3CCCN3c3ccnc(C)n3)[nH]c2c1. The largest absolute Gasteiger partial charge is 0.346 e. The number of aromatic nitrogens is 4. The minimum atomic E-state index is 0.266. The minimum Gasteiger partial charge on any atom is -0.346 e. The van der Waals surface area contributed by atoms with Gasteiger partial charge >= 0.3 is 0 Å². The second-order valence-corrected chi connectivity index (χ2v) is 5.96. The van der Waals surface area contributed by atoms with Crippen LogP contribution in [0.3, 0.4) is 0 Å². The number of imidazole rings is 1. The molecule has 0 radical (unpaired) electrons. The van der Waals surface area contributed by atoms with Crippen molar-refractivity contribution >= 4 is 16.9 Å². The predicted molar refractivity (Wildman–Crippen MR) is 86.9 cm³/mol. The van der Waals surface area contributed by atoms with E-state index in [2.05, 4.69) is 45.0 Å². The Morgan fingerprint density at radius 1 is 1.18 bits per heavy atom. The zero-order chi connectivity index (χ0) is 15.1. The Morgan fingerprint density at radius 2 is 2.09 bits per heavy atom. The number of hydrogen-bond donors (Lipinski definition) is 1. The van der Waals surface area contributed by atoms with Crippen molar-refractivity contribution in [1.82, 2.24) is 19.9 Å². The normalized spacial score (nSPS) is 18.3. The first-order valence-electron chi connectivity index (χ1n) is 7.73. The van der Waals surface area contributed by atoms with Crippen molar-refractivity contribution in [3.8, 4) is 0 Å². The van der Waals surface area contributed by atoms with E-state index in [1.807, 2.05) is 19.2 Å². The molecule has 0 aliphatic carbocycles. The van der Waals surface area contributed by atoms with Gasteiger partial charge in [-0.25, -0.2) is 15.0 Å². The van der Waals surface area contributed by atoms with Gasteiger partial charge in [-0.15, -0.1) is 0 Å². The maximum atomic E-state index is 4.79. The molecule has 4 rings (SSSR count). The molecule has 1 N–H and O–H groups in total. The Kier molecular flexibility index (Phi) is 3.06. The Hall–Kier alpha value is -2.43. The predicted octanol–water partition coefficient (Wildman–Crippen LogP) is 3.31. The molecule has 1 unspecified atom stereocenters. The third kappa shape index (κ3) is 2.22. The van der Waals surface area contributed by atoms with E-state index in [9.17, 15) is 0 Å². The average molecular weight is 293 g/mol. The van der Waals surface area contributed by atoms with Crippen molar-refractivity contribution in [3.63, 3.8) is 0 Å². The number of anilines is 1. The highest BCUT2D eigenvalue weighted by Crippen LogP contribution is 2.34. The highest BCUT2D eigenvalue weighted by Gasteiger charge is 2.29. The summed E-state index contributed by atoms with van der Waals surface area (Å²) in [6.45, 7) is 5.04. The Labute approximate surface area is 129 Å². The first kappa shape index (κ1) is 13.2. The molecule has 1 saturated heterocycles. The first-order chi connectivity index (χ1) is 10.7. The van der Waals surface area contributed by atoms with Crippen molar-refractivity contribution < 1.29 is 0 Å². The van der Waals surface area contributed by atoms with Gasteiger partial charge in [0, 0.05) is 12.7 Å². The van der Waals surface area contributed by atoms with Crippen molar-refractivity contribution in [2.45, 2.75) is 32.7 Å². The fourth-order valence-corrected chi connectivity index (χ4v) is 3.23. The van der Waals surface area contributed by atoms with Gasteiger partial charge < -0.3 is 9.88 Å². The lowest BCUT2D eigenvalue weighted by Crippen LogP contribution is -2.24. The second kappa shape index (κ2) is 5.09. The fourth-order valence-electron chi connectivity index (χ4n) is 3.23. The minimum absolute atomic E-state index is 0.266. The summed E-state index contributed by atoms with van der Waals surface area (Å²) in [5, 5.41) is 0. The molecular weight excluding hydrogens is 274 g/mol. The molecule has 22 heavy (non-hydrogen) atoms. The van der Waals surface area contributed by atoms with E-state index >= 15 is 0 Å². The number of benzene rings is 1. The van der Waals surface area contributed by atoms with E-state index in [1.54, 1.807) is 0 Å². The summed E-state index contributed by atoms with van der Waals surface area (Å²) < 4.78 is 0. The average Bonchev–Trinajstić information content (AvgIpc) is 3.12. The monoisotopic (exact) mass is 293 g/mol. The van der Waals surface area contributed by atoms with Gasteiger partial charge in [-0.1, -0.05) is 6.07 Å². The highest BCUT2D eigenvalue weighted by atomic mass is 15.3. The van der Waals surface area contributed by atoms with Gasteiger partial charge in [0.1, 0.15) is 17.5 Å². The van der Waals surface area contributed by atoms with Crippen LogP contribution in [-0.4, -0.2) is 26.5 Å². The van der Waals surface area contributed by atoms with Crippen LogP contribution in [0, 0.1) is 13.8 Å². The van der Waals surface area contributed by atoms with Crippen molar-refractivity contribution in [2.75, 3.05) is 11.4 Å². The number of aryl methyl sites for hydroxylation is 2. The van der Waals surface area contributed by atoms with Gasteiger partial charge in [0.25, 0.3) is 0 Å². The molecule has 0 amide bonds. The molecule has 5 nitrogen and oxygen atoms in total. The van der Waals surface area contributed by atoms with Gasteiger partial charge in [-0.2, -0.15) is 0 Å². The number of nitrogens with one attached hydrogen (secondary N) is 1. The van der Waals surface area contributed by atoms with Crippen LogP contribution in [0.5, 0.6) is 0 Å². The molecular formula is C17H19N5. The molecule has 2 aromatic heterocycles. The molecule has 5 heteroatoms. The van der Waals surface area contributed by atoms with Crippen LogP contribution in [-0.2, 0) is 0 Å². The number of aromatic amines is 1. The smallest absolute Gasteiger partial charge is 0.132 e. The molecule has 0 bridgehead atoms. The van der Waals surface area contributed by atoms with Crippen LogP contribution in [0.25, 0.3) is 11.0 Å². The quantitative estimate of drug-likeness (QED) is 0.787. The van der Waals surface area contributed by atoms with Crippen molar-refractivity contribution in [2.24, 2.45) is 0 Å². The maximum Gasteiger partial charge on any atom is 0.132 e. The molecule has 0 saturated carbocycles. The summed E-state index contributed by atoms with van der Waals surface area (Å²) in [6.07, 6.45) is 4.08. The molecule has 1 aliphatic heterocycles. The standard InChI is InChI=1S/C17H19N5/c1-11-5-6-13-14(10-11)21-17(20-13)15-4-3-9-22(15)16-7-8-18-12(2)19-16/h5-8,10,15H,3-4,9H2,1-2H3,(H,20,21). The molecule has 1 atom stereocenters. The first-order valence-corrected chi connectivity index (χ1v) is 7.73. The van der Waals surface area contributed by atoms with Gasteiger partial charge in [0.2, 0.25) is 0 Å². The number of hydrogen-bond acceptors (Lipinski definition) is 4. The molecule has 1 fully saturated rings. The van der Waals surface area contributed by atoms with Crippen LogP contribution in [0.4, 0.5) is 5.82 Å². The Morgan fingerprint density at radius 3 is 2.95 bits per heavy atom. The topological polar surface area (TPSA) is 57.7 Å². The summed E-state index contributed by atoms with van der Waals surface area (Å²) >= 11 is 0. The molecule has 3 aromatic rings. The third-order valence-electron chi connectivity index (χ3n) is 4.28. The summed E-state index contributed by atoms with van der Waals surface area (Å²) in [4.78, 5) is 19.4. The maximum absolute atomic E-state index is 4.79. The van der Waals surface area contributed by atoms with E-state index < -0.39 is 0 Å². The lowest BCUT2D eigenvalue weighted by molar-refractivity contribution is 0.671. The molecule has 1 aromatic carbocycles. The summed E-state index contributed by atoms with van der Waals surface area (Å²) in [7, 11) is 0. The molecule has 3 heterocycles. The second-order valence-electron chi connectivity index (χ2n) is 5.96. The summed E-state index contributed by atoms with van der Waals surface area (Å²) in [5.74, 6) is 2.84. The number of nitrogens with zero attached hydrogens (tertiary/aromatic N) is 4. The fraction of sp³-hybridized carbons (Fsp3) is 0.353. The Bertz CT molecular complexity index is 823. The lowest BCUT2D eigenvalue weighted by atomic mass is 10.2. The molecule has 1 aliphatic rings. The van der Waals surface area contributed by atoms with E-state index in [-0.39, 0.29) is 6.04 Å². The molecule has 112 valence electrons. The van der Waals surface area contributed by atoms with Gasteiger partial charge in [0.15, 0.2) is 0 Å². The molecule has 0 spiro atoms. The third-order valence-corrected chi connectivity index (χ3v) is 4.28. The van der Waals surface area contributed by atoms with Gasteiger partial charge in [-0.05, 0) is 50.5 Å². The zero-order valence-electron chi connectivity index (χ0n) is 12.9. The number of H-pyrrole nitrogens is 1. The summed E-state index contributed by atoms with van der Waals surface area (Å²) in [5.41, 5.74) is 3.39.